The second kappa shape index (κ2) is 7.05. The highest BCUT2D eigenvalue weighted by Crippen LogP contribution is 2.14. The monoisotopic (exact) mass is 274 g/mol. The van der Waals surface area contributed by atoms with Crippen molar-refractivity contribution in [3.63, 3.8) is 0 Å². The van der Waals surface area contributed by atoms with Crippen LogP contribution in [0.3, 0.4) is 0 Å². The van der Waals surface area contributed by atoms with E-state index in [0.29, 0.717) is 12.3 Å². The summed E-state index contributed by atoms with van der Waals surface area (Å²) in [6.45, 7) is 7.36. The maximum absolute atomic E-state index is 5.91. The van der Waals surface area contributed by atoms with E-state index in [1.165, 1.54) is 0 Å². The van der Waals surface area contributed by atoms with Crippen molar-refractivity contribution >= 4 is 5.69 Å². The summed E-state index contributed by atoms with van der Waals surface area (Å²) in [5.74, 6) is 1.39. The summed E-state index contributed by atoms with van der Waals surface area (Å²) < 4.78 is 5.29. The van der Waals surface area contributed by atoms with Crippen molar-refractivity contribution in [1.29, 1.82) is 0 Å². The maximum Gasteiger partial charge on any atom is 0.231 e. The van der Waals surface area contributed by atoms with Crippen LogP contribution in [0.15, 0.2) is 28.8 Å². The van der Waals surface area contributed by atoms with Gasteiger partial charge >= 0.3 is 0 Å². The number of benzene rings is 1. The molecule has 0 spiro atoms. The number of nitrogen functional groups attached to an aromatic ring is 1. The average Bonchev–Trinajstić information content (AvgIpc) is 2.90. The molecule has 108 valence electrons. The number of likely N-dealkylation sites (N-methyl/N-ethyl adjacent to an activating group) is 1. The molecule has 1 aromatic heterocycles. The third-order valence-corrected chi connectivity index (χ3v) is 3.45. The third kappa shape index (κ3) is 3.81. The molecule has 2 rings (SSSR count). The molecule has 5 nitrogen and oxygen atoms in total. The Balaban J connectivity index is 1.94. The third-order valence-electron chi connectivity index (χ3n) is 3.45. The molecule has 2 N–H and O–H groups in total. The first-order valence-corrected chi connectivity index (χ1v) is 7.10. The van der Waals surface area contributed by atoms with E-state index in [-0.39, 0.29) is 0 Å². The lowest BCUT2D eigenvalue weighted by atomic mass is 10.1. The summed E-state index contributed by atoms with van der Waals surface area (Å²) in [5, 5.41) is 4.03. The number of nitrogens with two attached hydrogens (primary N) is 1. The lowest BCUT2D eigenvalue weighted by molar-refractivity contribution is 0.302. The van der Waals surface area contributed by atoms with Crippen molar-refractivity contribution in [2.24, 2.45) is 0 Å². The first-order chi connectivity index (χ1) is 9.72. The normalized spacial score (nSPS) is 11.2. The molecule has 0 amide bonds. The van der Waals surface area contributed by atoms with Gasteiger partial charge in [0.15, 0.2) is 5.82 Å². The predicted octanol–water partition coefficient (Wildman–Crippen LogP) is 2.13. The molecule has 0 aliphatic rings. The standard InChI is InChI=1S/C15H22N4O/c1-3-19(4-2)10-9-14-17-15(20-18-14)11-12-7-5-6-8-13(12)16/h5-8H,3-4,9-11,16H2,1-2H3. The molecule has 20 heavy (non-hydrogen) atoms. The molecule has 0 aliphatic carbocycles. The summed E-state index contributed by atoms with van der Waals surface area (Å²) in [5.41, 5.74) is 7.69. The van der Waals surface area contributed by atoms with Gasteiger partial charge in [-0.05, 0) is 24.7 Å². The van der Waals surface area contributed by atoms with Gasteiger partial charge in [-0.3, -0.25) is 0 Å². The van der Waals surface area contributed by atoms with Gasteiger partial charge in [0.1, 0.15) is 0 Å². The van der Waals surface area contributed by atoms with E-state index in [4.69, 9.17) is 10.3 Å². The summed E-state index contributed by atoms with van der Waals surface area (Å²) in [6.07, 6.45) is 1.40. The Labute approximate surface area is 119 Å². The molecule has 0 radical (unpaired) electrons. The van der Waals surface area contributed by atoms with Crippen LogP contribution in [0.5, 0.6) is 0 Å². The Morgan fingerprint density at radius 3 is 2.65 bits per heavy atom. The largest absolute Gasteiger partial charge is 0.398 e. The quantitative estimate of drug-likeness (QED) is 0.783. The molecular weight excluding hydrogens is 252 g/mol. The number of nitrogens with zero attached hydrogens (tertiary/aromatic N) is 3. The summed E-state index contributed by atoms with van der Waals surface area (Å²) in [6, 6.07) is 7.74. The van der Waals surface area contributed by atoms with E-state index in [2.05, 4.69) is 28.9 Å². The van der Waals surface area contributed by atoms with Crippen LogP contribution >= 0.6 is 0 Å². The molecule has 2 aromatic rings. The zero-order chi connectivity index (χ0) is 14.4. The van der Waals surface area contributed by atoms with E-state index >= 15 is 0 Å². The highest BCUT2D eigenvalue weighted by molar-refractivity contribution is 5.47. The van der Waals surface area contributed by atoms with Gasteiger partial charge in [0.2, 0.25) is 5.89 Å². The van der Waals surface area contributed by atoms with Gasteiger partial charge in [-0.25, -0.2) is 0 Å². The molecule has 0 unspecified atom stereocenters. The molecule has 0 saturated heterocycles. The molecule has 0 aliphatic heterocycles. The first kappa shape index (κ1) is 14.5. The molecule has 5 heteroatoms. The lowest BCUT2D eigenvalue weighted by Gasteiger charge is -2.16. The number of hydrogen-bond acceptors (Lipinski definition) is 5. The highest BCUT2D eigenvalue weighted by Gasteiger charge is 2.09. The van der Waals surface area contributed by atoms with Crippen LogP contribution in [0.2, 0.25) is 0 Å². The van der Waals surface area contributed by atoms with Crippen molar-refractivity contribution in [3.05, 3.63) is 41.5 Å². The average molecular weight is 274 g/mol. The number of hydrogen-bond donors (Lipinski definition) is 1. The van der Waals surface area contributed by atoms with Crippen LogP contribution < -0.4 is 5.73 Å². The van der Waals surface area contributed by atoms with Gasteiger partial charge in [0.25, 0.3) is 0 Å². The highest BCUT2D eigenvalue weighted by atomic mass is 16.5. The Bertz CT molecular complexity index is 534. The molecule has 0 saturated carbocycles. The number of aromatic nitrogens is 2. The number of anilines is 1. The summed E-state index contributed by atoms with van der Waals surface area (Å²) in [4.78, 5) is 6.77. The molecule has 1 heterocycles. The van der Waals surface area contributed by atoms with Crippen LogP contribution in [0.25, 0.3) is 0 Å². The van der Waals surface area contributed by atoms with Gasteiger partial charge in [0.05, 0.1) is 6.42 Å². The summed E-state index contributed by atoms with van der Waals surface area (Å²) >= 11 is 0. The fourth-order valence-corrected chi connectivity index (χ4v) is 2.12. The Morgan fingerprint density at radius 1 is 1.20 bits per heavy atom. The minimum atomic E-state index is 0.588. The van der Waals surface area contributed by atoms with Gasteiger partial charge in [-0.15, -0.1) is 0 Å². The molecule has 0 atom stereocenters. The Morgan fingerprint density at radius 2 is 1.95 bits per heavy atom. The minimum Gasteiger partial charge on any atom is -0.398 e. The molecule has 0 bridgehead atoms. The van der Waals surface area contributed by atoms with E-state index in [9.17, 15) is 0 Å². The minimum absolute atomic E-state index is 0.588. The van der Waals surface area contributed by atoms with Crippen LogP contribution in [-0.2, 0) is 12.8 Å². The fraction of sp³-hybridized carbons (Fsp3) is 0.467. The Kier molecular flexibility index (Phi) is 5.12. The summed E-state index contributed by atoms with van der Waals surface area (Å²) in [7, 11) is 0. The fourth-order valence-electron chi connectivity index (χ4n) is 2.12. The first-order valence-electron chi connectivity index (χ1n) is 7.10. The zero-order valence-electron chi connectivity index (χ0n) is 12.2. The van der Waals surface area contributed by atoms with E-state index < -0.39 is 0 Å². The van der Waals surface area contributed by atoms with Crippen molar-refractivity contribution in [2.75, 3.05) is 25.4 Å². The molecular formula is C15H22N4O. The van der Waals surface area contributed by atoms with Gasteiger partial charge in [0, 0.05) is 18.7 Å². The van der Waals surface area contributed by atoms with Crippen LogP contribution in [0.1, 0.15) is 31.1 Å². The van der Waals surface area contributed by atoms with Crippen LogP contribution in [0.4, 0.5) is 5.69 Å². The van der Waals surface area contributed by atoms with Gasteiger partial charge in [-0.1, -0.05) is 37.2 Å². The van der Waals surface area contributed by atoms with Gasteiger partial charge < -0.3 is 15.2 Å². The Hall–Kier alpha value is -1.88. The maximum atomic E-state index is 5.91. The molecule has 1 aromatic carbocycles. The van der Waals surface area contributed by atoms with Crippen molar-refractivity contribution in [1.82, 2.24) is 15.0 Å². The number of para-hydroxylation sites is 1. The van der Waals surface area contributed by atoms with Crippen LogP contribution in [0, 0.1) is 0 Å². The molecule has 0 fully saturated rings. The predicted molar refractivity (Wildman–Crippen MR) is 79.5 cm³/mol. The lowest BCUT2D eigenvalue weighted by Crippen LogP contribution is -2.25. The second-order valence-electron chi connectivity index (χ2n) is 4.76. The number of rotatable bonds is 7. The second-order valence-corrected chi connectivity index (χ2v) is 4.76. The van der Waals surface area contributed by atoms with Crippen molar-refractivity contribution in [3.8, 4) is 0 Å². The smallest absolute Gasteiger partial charge is 0.231 e. The van der Waals surface area contributed by atoms with E-state index in [1.54, 1.807) is 0 Å². The van der Waals surface area contributed by atoms with Crippen molar-refractivity contribution in [2.45, 2.75) is 26.7 Å². The van der Waals surface area contributed by atoms with Crippen molar-refractivity contribution < 1.29 is 4.52 Å². The van der Waals surface area contributed by atoms with E-state index in [1.807, 2.05) is 24.3 Å². The SMILES string of the molecule is CCN(CC)CCc1noc(Cc2ccccc2N)n1. The van der Waals surface area contributed by atoms with Gasteiger partial charge in [-0.2, -0.15) is 4.98 Å². The zero-order valence-corrected chi connectivity index (χ0v) is 12.2. The van der Waals surface area contributed by atoms with Crippen LogP contribution in [-0.4, -0.2) is 34.7 Å². The van der Waals surface area contributed by atoms with E-state index in [0.717, 1.165) is 43.1 Å². The topological polar surface area (TPSA) is 68.2 Å².